The van der Waals surface area contributed by atoms with Crippen LogP contribution in [0.1, 0.15) is 22.7 Å². The highest BCUT2D eigenvalue weighted by Crippen LogP contribution is 2.23. The number of thiophene rings is 1. The Balaban J connectivity index is 1.47. The molecule has 134 valence electrons. The Morgan fingerprint density at radius 3 is 2.77 bits per heavy atom. The molecule has 3 aromatic rings. The maximum atomic E-state index is 12.0. The lowest BCUT2D eigenvalue weighted by Gasteiger charge is -2.04. The molecule has 1 aromatic carbocycles. The molecule has 0 fully saturated rings. The average molecular weight is 411 g/mol. The molecule has 0 aliphatic rings. The molecule has 0 aliphatic carbocycles. The van der Waals surface area contributed by atoms with E-state index in [1.807, 2.05) is 16.8 Å². The summed E-state index contributed by atoms with van der Waals surface area (Å²) in [4.78, 5) is 28.0. The number of esters is 1. The van der Waals surface area contributed by atoms with Crippen LogP contribution in [-0.4, -0.2) is 28.5 Å². The standard InChI is InChI=1S/C17H12Cl2N2O4S/c18-12-2-1-10(7-13(12)19)14(22)8-24-16(23)4-3-15-20-17(21-25-15)11-5-6-26-9-11/h1-2,5-7,9H,3-4,8H2. The average Bonchev–Trinajstić information content (AvgIpc) is 3.31. The Hall–Kier alpha value is -2.22. The first-order valence-corrected chi connectivity index (χ1v) is 9.22. The summed E-state index contributed by atoms with van der Waals surface area (Å²) in [5.74, 6) is -0.0912. The summed E-state index contributed by atoms with van der Waals surface area (Å²) in [6, 6.07) is 6.35. The lowest BCUT2D eigenvalue weighted by molar-refractivity contribution is -0.142. The van der Waals surface area contributed by atoms with E-state index in [2.05, 4.69) is 10.1 Å². The quantitative estimate of drug-likeness (QED) is 0.422. The smallest absolute Gasteiger partial charge is 0.306 e. The number of carbonyl (C=O) groups is 2. The van der Waals surface area contributed by atoms with Crippen LogP contribution in [0, 0.1) is 0 Å². The summed E-state index contributed by atoms with van der Waals surface area (Å²) >= 11 is 13.2. The van der Waals surface area contributed by atoms with Crippen molar-refractivity contribution < 1.29 is 18.8 Å². The monoisotopic (exact) mass is 410 g/mol. The maximum Gasteiger partial charge on any atom is 0.306 e. The number of ketones is 1. The minimum absolute atomic E-state index is 0.0277. The van der Waals surface area contributed by atoms with Gasteiger partial charge in [0.1, 0.15) is 0 Å². The molecular weight excluding hydrogens is 399 g/mol. The molecule has 0 aliphatic heterocycles. The molecule has 0 unspecified atom stereocenters. The molecular formula is C17H12Cl2N2O4S. The van der Waals surface area contributed by atoms with Crippen LogP contribution in [0.3, 0.4) is 0 Å². The fourth-order valence-electron chi connectivity index (χ4n) is 2.05. The van der Waals surface area contributed by atoms with Crippen molar-refractivity contribution in [2.45, 2.75) is 12.8 Å². The predicted molar refractivity (Wildman–Crippen MR) is 97.7 cm³/mol. The van der Waals surface area contributed by atoms with E-state index in [1.165, 1.54) is 29.5 Å². The van der Waals surface area contributed by atoms with Gasteiger partial charge in [0.25, 0.3) is 0 Å². The largest absolute Gasteiger partial charge is 0.457 e. The number of halogens is 2. The van der Waals surface area contributed by atoms with E-state index in [4.69, 9.17) is 32.5 Å². The van der Waals surface area contributed by atoms with E-state index in [-0.39, 0.29) is 30.3 Å². The van der Waals surface area contributed by atoms with Gasteiger partial charge in [-0.2, -0.15) is 16.3 Å². The summed E-state index contributed by atoms with van der Waals surface area (Å²) in [6.07, 6.45) is 0.261. The molecule has 6 nitrogen and oxygen atoms in total. The Morgan fingerprint density at radius 1 is 1.19 bits per heavy atom. The van der Waals surface area contributed by atoms with E-state index in [0.717, 1.165) is 5.56 Å². The normalized spacial score (nSPS) is 10.7. The topological polar surface area (TPSA) is 82.3 Å². The molecule has 0 radical (unpaired) electrons. The molecule has 2 aromatic heterocycles. The van der Waals surface area contributed by atoms with Gasteiger partial charge in [-0.1, -0.05) is 28.4 Å². The van der Waals surface area contributed by atoms with Gasteiger partial charge < -0.3 is 9.26 Å². The fourth-order valence-corrected chi connectivity index (χ4v) is 2.98. The molecule has 0 saturated carbocycles. The zero-order chi connectivity index (χ0) is 18.5. The van der Waals surface area contributed by atoms with Gasteiger partial charge in [0.2, 0.25) is 11.7 Å². The van der Waals surface area contributed by atoms with Crippen molar-refractivity contribution in [3.63, 3.8) is 0 Å². The van der Waals surface area contributed by atoms with Gasteiger partial charge in [-0.05, 0) is 29.6 Å². The van der Waals surface area contributed by atoms with Crippen LogP contribution < -0.4 is 0 Å². The number of ether oxygens (including phenoxy) is 1. The number of hydrogen-bond donors (Lipinski definition) is 0. The number of aromatic nitrogens is 2. The number of hydrogen-bond acceptors (Lipinski definition) is 7. The summed E-state index contributed by atoms with van der Waals surface area (Å²) in [7, 11) is 0. The van der Waals surface area contributed by atoms with Crippen molar-refractivity contribution in [3.8, 4) is 11.4 Å². The van der Waals surface area contributed by atoms with Crippen LogP contribution in [0.5, 0.6) is 0 Å². The van der Waals surface area contributed by atoms with Crippen LogP contribution in [0.25, 0.3) is 11.4 Å². The lowest BCUT2D eigenvalue weighted by Crippen LogP contribution is -2.14. The SMILES string of the molecule is O=C(CCc1nc(-c2ccsc2)no1)OCC(=O)c1ccc(Cl)c(Cl)c1. The van der Waals surface area contributed by atoms with Gasteiger partial charge in [-0.15, -0.1) is 0 Å². The third-order valence-corrected chi connectivity index (χ3v) is 4.82. The number of Topliss-reactive ketones (excluding diaryl/α,β-unsaturated/α-hetero) is 1. The molecule has 0 N–H and O–H groups in total. The van der Waals surface area contributed by atoms with Crippen molar-refractivity contribution in [3.05, 3.63) is 56.5 Å². The molecule has 0 spiro atoms. The lowest BCUT2D eigenvalue weighted by atomic mass is 10.1. The van der Waals surface area contributed by atoms with Gasteiger partial charge in [0.05, 0.1) is 16.5 Å². The predicted octanol–water partition coefficient (Wildman–Crippen LogP) is 4.46. The second-order valence-corrected chi connectivity index (χ2v) is 6.83. The third kappa shape index (κ3) is 4.69. The Labute approximate surface area is 162 Å². The van der Waals surface area contributed by atoms with Gasteiger partial charge in [-0.3, -0.25) is 9.59 Å². The highest BCUT2D eigenvalue weighted by Gasteiger charge is 2.14. The summed E-state index contributed by atoms with van der Waals surface area (Å²) in [5.41, 5.74) is 1.18. The van der Waals surface area contributed by atoms with Gasteiger partial charge in [0.15, 0.2) is 12.4 Å². The summed E-state index contributed by atoms with van der Waals surface area (Å²) < 4.78 is 10.1. The van der Waals surface area contributed by atoms with Crippen molar-refractivity contribution in [1.29, 1.82) is 0 Å². The van der Waals surface area contributed by atoms with Crippen LogP contribution >= 0.6 is 34.5 Å². The highest BCUT2D eigenvalue weighted by molar-refractivity contribution is 7.08. The number of carbonyl (C=O) groups excluding carboxylic acids is 2. The third-order valence-electron chi connectivity index (χ3n) is 3.40. The van der Waals surface area contributed by atoms with Crippen molar-refractivity contribution in [1.82, 2.24) is 10.1 Å². The van der Waals surface area contributed by atoms with Crippen LogP contribution in [0.15, 0.2) is 39.5 Å². The van der Waals surface area contributed by atoms with E-state index in [0.29, 0.717) is 22.3 Å². The number of benzene rings is 1. The minimum atomic E-state index is -0.534. The Kier molecular flexibility index (Phi) is 6.03. The van der Waals surface area contributed by atoms with E-state index in [1.54, 1.807) is 0 Å². The minimum Gasteiger partial charge on any atom is -0.457 e. The van der Waals surface area contributed by atoms with Crippen molar-refractivity contribution in [2.24, 2.45) is 0 Å². The van der Waals surface area contributed by atoms with Crippen LogP contribution in [0.2, 0.25) is 10.0 Å². The van der Waals surface area contributed by atoms with Crippen molar-refractivity contribution >= 4 is 46.3 Å². The maximum absolute atomic E-state index is 12.0. The molecule has 9 heteroatoms. The fraction of sp³-hybridized carbons (Fsp3) is 0.176. The second kappa shape index (κ2) is 8.44. The highest BCUT2D eigenvalue weighted by atomic mass is 35.5. The first-order valence-electron chi connectivity index (χ1n) is 7.52. The zero-order valence-corrected chi connectivity index (χ0v) is 15.6. The zero-order valence-electron chi connectivity index (χ0n) is 13.3. The molecule has 26 heavy (non-hydrogen) atoms. The molecule has 0 atom stereocenters. The van der Waals surface area contributed by atoms with E-state index >= 15 is 0 Å². The number of nitrogens with zero attached hydrogens (tertiary/aromatic N) is 2. The van der Waals surface area contributed by atoms with Crippen molar-refractivity contribution in [2.75, 3.05) is 6.61 Å². The molecule has 2 heterocycles. The summed E-state index contributed by atoms with van der Waals surface area (Å²) in [6.45, 7) is -0.374. The van der Waals surface area contributed by atoms with Crippen LogP contribution in [0.4, 0.5) is 0 Å². The Morgan fingerprint density at radius 2 is 2.04 bits per heavy atom. The number of aryl methyl sites for hydroxylation is 1. The summed E-state index contributed by atoms with van der Waals surface area (Å²) in [5, 5.41) is 8.28. The second-order valence-electron chi connectivity index (χ2n) is 5.24. The molecule has 3 rings (SSSR count). The Bertz CT molecular complexity index is 925. The van der Waals surface area contributed by atoms with E-state index < -0.39 is 5.97 Å². The first kappa shape index (κ1) is 18.6. The number of rotatable bonds is 7. The van der Waals surface area contributed by atoms with Gasteiger partial charge in [-0.25, -0.2) is 0 Å². The van der Waals surface area contributed by atoms with Gasteiger partial charge in [0, 0.05) is 22.9 Å². The van der Waals surface area contributed by atoms with Gasteiger partial charge >= 0.3 is 5.97 Å². The van der Waals surface area contributed by atoms with Crippen LogP contribution in [-0.2, 0) is 16.0 Å². The van der Waals surface area contributed by atoms with E-state index in [9.17, 15) is 9.59 Å². The molecule has 0 saturated heterocycles. The first-order chi connectivity index (χ1) is 12.5. The molecule has 0 amide bonds. The molecule has 0 bridgehead atoms.